The van der Waals surface area contributed by atoms with Gasteiger partial charge in [0.25, 0.3) is 0 Å². The largest absolute Gasteiger partial charge is 0.347 e. The number of nitrogens with zero attached hydrogens (tertiary/aromatic N) is 2. The standard InChI is InChI=1S/C12H16N4O/c1-8-5-12(6-8,7-13)11(17)16-9(2)10-14-3-4-15-10/h3-4,8-9H,5-6H2,1-2H3,(H,14,15)(H,16,17). The molecule has 1 saturated carbocycles. The summed E-state index contributed by atoms with van der Waals surface area (Å²) >= 11 is 0. The molecule has 5 heteroatoms. The molecule has 0 bridgehead atoms. The lowest BCUT2D eigenvalue weighted by molar-refractivity contribution is -0.134. The van der Waals surface area contributed by atoms with Crippen LogP contribution >= 0.6 is 0 Å². The van der Waals surface area contributed by atoms with E-state index in [0.717, 1.165) is 0 Å². The first-order valence-corrected chi connectivity index (χ1v) is 5.79. The van der Waals surface area contributed by atoms with Crippen LogP contribution in [0, 0.1) is 22.7 Å². The number of rotatable bonds is 3. The van der Waals surface area contributed by atoms with Crippen LogP contribution in [-0.4, -0.2) is 15.9 Å². The highest BCUT2D eigenvalue weighted by Gasteiger charge is 2.49. The zero-order chi connectivity index (χ0) is 12.5. The third kappa shape index (κ3) is 2.03. The van der Waals surface area contributed by atoms with Gasteiger partial charge < -0.3 is 10.3 Å². The normalized spacial score (nSPS) is 28.9. The van der Waals surface area contributed by atoms with Crippen LogP contribution in [0.1, 0.15) is 38.6 Å². The Hall–Kier alpha value is -1.83. The molecule has 1 amide bonds. The Labute approximate surface area is 100 Å². The fourth-order valence-corrected chi connectivity index (χ4v) is 2.37. The molecule has 0 aromatic carbocycles. The van der Waals surface area contributed by atoms with Crippen molar-refractivity contribution in [1.29, 1.82) is 5.26 Å². The first kappa shape index (κ1) is 11.6. The van der Waals surface area contributed by atoms with E-state index in [1.807, 2.05) is 6.92 Å². The summed E-state index contributed by atoms with van der Waals surface area (Å²) in [5.41, 5.74) is -0.819. The summed E-state index contributed by atoms with van der Waals surface area (Å²) in [4.78, 5) is 19.1. The van der Waals surface area contributed by atoms with Gasteiger partial charge in [0.05, 0.1) is 12.1 Å². The van der Waals surface area contributed by atoms with E-state index in [1.165, 1.54) is 0 Å². The van der Waals surface area contributed by atoms with Gasteiger partial charge in [-0.1, -0.05) is 6.92 Å². The maximum Gasteiger partial charge on any atom is 0.241 e. The van der Waals surface area contributed by atoms with E-state index in [0.29, 0.717) is 24.6 Å². The third-order valence-corrected chi connectivity index (χ3v) is 3.32. The molecule has 1 aliphatic carbocycles. The molecule has 1 atom stereocenters. The number of nitrogens with one attached hydrogen (secondary N) is 2. The average Bonchev–Trinajstić information content (AvgIpc) is 2.77. The monoisotopic (exact) mass is 232 g/mol. The number of hydrogen-bond acceptors (Lipinski definition) is 3. The Morgan fingerprint density at radius 3 is 2.94 bits per heavy atom. The zero-order valence-electron chi connectivity index (χ0n) is 10.0. The van der Waals surface area contributed by atoms with Crippen LogP contribution in [-0.2, 0) is 4.79 Å². The molecule has 2 rings (SSSR count). The Morgan fingerprint density at radius 2 is 2.47 bits per heavy atom. The van der Waals surface area contributed by atoms with E-state index in [9.17, 15) is 4.79 Å². The molecular formula is C12H16N4O. The minimum atomic E-state index is -0.819. The smallest absolute Gasteiger partial charge is 0.241 e. The molecule has 2 N–H and O–H groups in total. The summed E-state index contributed by atoms with van der Waals surface area (Å²) < 4.78 is 0. The van der Waals surface area contributed by atoms with Crippen LogP contribution in [0.5, 0.6) is 0 Å². The van der Waals surface area contributed by atoms with E-state index < -0.39 is 5.41 Å². The number of amides is 1. The number of aromatic nitrogens is 2. The maximum atomic E-state index is 12.1. The molecule has 90 valence electrons. The first-order valence-electron chi connectivity index (χ1n) is 5.79. The molecular weight excluding hydrogens is 216 g/mol. The van der Waals surface area contributed by atoms with Crippen molar-refractivity contribution in [3.8, 4) is 6.07 Å². The Balaban J connectivity index is 2.00. The number of nitriles is 1. The summed E-state index contributed by atoms with van der Waals surface area (Å²) in [5, 5.41) is 12.0. The van der Waals surface area contributed by atoms with Crippen molar-refractivity contribution in [2.24, 2.45) is 11.3 Å². The van der Waals surface area contributed by atoms with E-state index in [1.54, 1.807) is 12.4 Å². The summed E-state index contributed by atoms with van der Waals surface area (Å²) in [6, 6.07) is 1.96. The third-order valence-electron chi connectivity index (χ3n) is 3.32. The molecule has 0 radical (unpaired) electrons. The second-order valence-electron chi connectivity index (χ2n) is 4.88. The van der Waals surface area contributed by atoms with Crippen molar-refractivity contribution >= 4 is 5.91 Å². The van der Waals surface area contributed by atoms with Crippen LogP contribution in [0.3, 0.4) is 0 Å². The van der Waals surface area contributed by atoms with E-state index >= 15 is 0 Å². The van der Waals surface area contributed by atoms with Crippen LogP contribution < -0.4 is 5.32 Å². The molecule has 17 heavy (non-hydrogen) atoms. The highest BCUT2D eigenvalue weighted by Crippen LogP contribution is 2.45. The van der Waals surface area contributed by atoms with Crippen molar-refractivity contribution in [2.45, 2.75) is 32.7 Å². The Bertz CT molecular complexity index is 440. The molecule has 1 aromatic rings. The number of imidazole rings is 1. The topological polar surface area (TPSA) is 81.6 Å². The van der Waals surface area contributed by atoms with Gasteiger partial charge in [-0.15, -0.1) is 0 Å². The molecule has 0 spiro atoms. The average molecular weight is 232 g/mol. The van der Waals surface area contributed by atoms with E-state index in [-0.39, 0.29) is 11.9 Å². The number of hydrogen-bond donors (Lipinski definition) is 2. The van der Waals surface area contributed by atoms with Crippen molar-refractivity contribution in [3.05, 3.63) is 18.2 Å². The number of carbonyl (C=O) groups excluding carboxylic acids is 1. The lowest BCUT2D eigenvalue weighted by Gasteiger charge is -2.39. The maximum absolute atomic E-state index is 12.1. The summed E-state index contributed by atoms with van der Waals surface area (Å²) in [5.74, 6) is 0.986. The van der Waals surface area contributed by atoms with Gasteiger partial charge in [-0.2, -0.15) is 5.26 Å². The molecule has 1 fully saturated rings. The van der Waals surface area contributed by atoms with Crippen molar-refractivity contribution in [1.82, 2.24) is 15.3 Å². The Kier molecular flexibility index (Phi) is 2.88. The molecule has 1 heterocycles. The van der Waals surface area contributed by atoms with Gasteiger partial charge >= 0.3 is 0 Å². The SMILES string of the molecule is CC1CC(C#N)(C(=O)NC(C)c2ncc[nH]2)C1. The molecule has 0 aliphatic heterocycles. The number of H-pyrrole nitrogens is 1. The first-order chi connectivity index (χ1) is 8.07. The highest BCUT2D eigenvalue weighted by atomic mass is 16.2. The van der Waals surface area contributed by atoms with Crippen molar-refractivity contribution in [2.75, 3.05) is 0 Å². The van der Waals surface area contributed by atoms with Crippen LogP contribution in [0.4, 0.5) is 0 Å². The summed E-state index contributed by atoms with van der Waals surface area (Å²) in [6.07, 6.45) is 4.66. The molecule has 5 nitrogen and oxygen atoms in total. The van der Waals surface area contributed by atoms with Gasteiger partial charge in [0.2, 0.25) is 5.91 Å². The van der Waals surface area contributed by atoms with Crippen LogP contribution in [0.25, 0.3) is 0 Å². The van der Waals surface area contributed by atoms with Crippen LogP contribution in [0.2, 0.25) is 0 Å². The predicted octanol–water partition coefficient (Wildman–Crippen LogP) is 1.53. The van der Waals surface area contributed by atoms with Gasteiger partial charge in [0.15, 0.2) is 0 Å². The quantitative estimate of drug-likeness (QED) is 0.829. The predicted molar refractivity (Wildman–Crippen MR) is 61.6 cm³/mol. The fraction of sp³-hybridized carbons (Fsp3) is 0.583. The lowest BCUT2D eigenvalue weighted by atomic mass is 9.63. The van der Waals surface area contributed by atoms with Gasteiger partial charge in [-0.25, -0.2) is 4.98 Å². The van der Waals surface area contributed by atoms with Crippen LogP contribution in [0.15, 0.2) is 12.4 Å². The van der Waals surface area contributed by atoms with E-state index in [2.05, 4.69) is 28.3 Å². The summed E-state index contributed by atoms with van der Waals surface area (Å²) in [6.45, 7) is 3.91. The minimum absolute atomic E-state index is 0.179. The molecule has 0 saturated heterocycles. The minimum Gasteiger partial charge on any atom is -0.347 e. The molecule has 1 aromatic heterocycles. The number of aromatic amines is 1. The second-order valence-corrected chi connectivity index (χ2v) is 4.88. The van der Waals surface area contributed by atoms with Crippen molar-refractivity contribution < 1.29 is 4.79 Å². The molecule has 1 unspecified atom stereocenters. The van der Waals surface area contributed by atoms with Crippen molar-refractivity contribution in [3.63, 3.8) is 0 Å². The van der Waals surface area contributed by atoms with Gasteiger partial charge in [0, 0.05) is 12.4 Å². The fourth-order valence-electron chi connectivity index (χ4n) is 2.37. The molecule has 1 aliphatic rings. The highest BCUT2D eigenvalue weighted by molar-refractivity contribution is 5.86. The van der Waals surface area contributed by atoms with E-state index in [4.69, 9.17) is 5.26 Å². The second kappa shape index (κ2) is 4.21. The Morgan fingerprint density at radius 1 is 1.76 bits per heavy atom. The lowest BCUT2D eigenvalue weighted by Crippen LogP contribution is -2.48. The number of carbonyl (C=O) groups is 1. The van der Waals surface area contributed by atoms with Gasteiger partial charge in [-0.05, 0) is 25.7 Å². The zero-order valence-corrected chi connectivity index (χ0v) is 10.0. The van der Waals surface area contributed by atoms with Gasteiger partial charge in [0.1, 0.15) is 11.2 Å². The van der Waals surface area contributed by atoms with Gasteiger partial charge in [-0.3, -0.25) is 4.79 Å². The summed E-state index contributed by atoms with van der Waals surface area (Å²) in [7, 11) is 0.